The number of nitrogens with zero attached hydrogens (tertiary/aromatic N) is 2. The SMILES string of the molecule is O=C1CC(CCO)(c2ccccc2)CCN1c1cccc(-c2ccc(F)cc2Cl)n1. The number of aliphatic hydroxyl groups is 1. The molecule has 0 aliphatic carbocycles. The molecule has 0 spiro atoms. The number of rotatable bonds is 5. The number of amides is 1. The third kappa shape index (κ3) is 3.95. The number of benzene rings is 2. The molecule has 2 aromatic carbocycles. The number of anilines is 1. The molecule has 1 amide bonds. The summed E-state index contributed by atoms with van der Waals surface area (Å²) in [6, 6.07) is 19.5. The lowest BCUT2D eigenvalue weighted by Crippen LogP contribution is -2.47. The molecular weight excluding hydrogens is 403 g/mol. The molecule has 154 valence electrons. The molecule has 4 nitrogen and oxygen atoms in total. The van der Waals surface area contributed by atoms with Crippen molar-refractivity contribution in [1.82, 2.24) is 4.98 Å². The van der Waals surface area contributed by atoms with Gasteiger partial charge in [-0.25, -0.2) is 9.37 Å². The number of halogens is 2. The molecule has 1 aliphatic heterocycles. The summed E-state index contributed by atoms with van der Waals surface area (Å²) in [6.45, 7) is 0.528. The standard InChI is InChI=1S/C24H22ClFN2O2/c25-20-15-18(26)9-10-19(20)21-7-4-8-22(27-21)28-13-11-24(12-14-29,16-23(28)30)17-5-2-1-3-6-17/h1-10,15,29H,11-14,16H2. The third-order valence-electron chi connectivity index (χ3n) is 5.80. The summed E-state index contributed by atoms with van der Waals surface area (Å²) in [5.74, 6) is 0.101. The highest BCUT2D eigenvalue weighted by atomic mass is 35.5. The Labute approximate surface area is 179 Å². The summed E-state index contributed by atoms with van der Waals surface area (Å²) in [5, 5.41) is 9.92. The summed E-state index contributed by atoms with van der Waals surface area (Å²) in [6.07, 6.45) is 1.57. The van der Waals surface area contributed by atoms with E-state index >= 15 is 0 Å². The van der Waals surface area contributed by atoms with Crippen LogP contribution in [0.2, 0.25) is 5.02 Å². The largest absolute Gasteiger partial charge is 0.396 e. The van der Waals surface area contributed by atoms with E-state index in [9.17, 15) is 14.3 Å². The zero-order chi connectivity index (χ0) is 21.1. The van der Waals surface area contributed by atoms with E-state index in [4.69, 9.17) is 11.6 Å². The lowest BCUT2D eigenvalue weighted by molar-refractivity contribution is -0.121. The van der Waals surface area contributed by atoms with Crippen LogP contribution >= 0.6 is 11.6 Å². The van der Waals surface area contributed by atoms with Crippen LogP contribution in [0.1, 0.15) is 24.8 Å². The van der Waals surface area contributed by atoms with Gasteiger partial charge in [0.1, 0.15) is 11.6 Å². The summed E-state index contributed by atoms with van der Waals surface area (Å²) in [5.41, 5.74) is 1.90. The minimum Gasteiger partial charge on any atom is -0.396 e. The number of hydrogen-bond donors (Lipinski definition) is 1. The summed E-state index contributed by atoms with van der Waals surface area (Å²) < 4.78 is 13.4. The highest BCUT2D eigenvalue weighted by Crippen LogP contribution is 2.40. The molecule has 1 N–H and O–H groups in total. The van der Waals surface area contributed by atoms with Crippen LogP contribution in [0.15, 0.2) is 66.7 Å². The topological polar surface area (TPSA) is 53.4 Å². The normalized spacial score (nSPS) is 19.2. The van der Waals surface area contributed by atoms with E-state index in [0.29, 0.717) is 36.5 Å². The number of piperidine rings is 1. The van der Waals surface area contributed by atoms with Gasteiger partial charge in [-0.05, 0) is 48.7 Å². The molecule has 1 aromatic heterocycles. The second kappa shape index (κ2) is 8.54. The molecule has 0 radical (unpaired) electrons. The molecule has 0 saturated carbocycles. The molecule has 1 saturated heterocycles. The summed E-state index contributed by atoms with van der Waals surface area (Å²) >= 11 is 6.19. The first-order valence-electron chi connectivity index (χ1n) is 9.92. The quantitative estimate of drug-likeness (QED) is 0.627. The number of carbonyl (C=O) groups excluding carboxylic acids is 1. The van der Waals surface area contributed by atoms with Gasteiger partial charge in [0.2, 0.25) is 5.91 Å². The van der Waals surface area contributed by atoms with Crippen LogP contribution < -0.4 is 4.90 Å². The van der Waals surface area contributed by atoms with Gasteiger partial charge in [-0.2, -0.15) is 0 Å². The average Bonchev–Trinajstić information content (AvgIpc) is 2.75. The molecule has 4 rings (SSSR count). The molecule has 0 bridgehead atoms. The highest BCUT2D eigenvalue weighted by molar-refractivity contribution is 6.33. The summed E-state index contributed by atoms with van der Waals surface area (Å²) in [4.78, 5) is 19.4. The number of aromatic nitrogens is 1. The molecule has 1 aliphatic rings. The minimum atomic E-state index is -0.410. The van der Waals surface area contributed by atoms with Crippen molar-refractivity contribution in [2.24, 2.45) is 0 Å². The van der Waals surface area contributed by atoms with Gasteiger partial charge in [0.05, 0.1) is 10.7 Å². The summed E-state index contributed by atoms with van der Waals surface area (Å²) in [7, 11) is 0. The van der Waals surface area contributed by atoms with Crippen molar-refractivity contribution in [3.05, 3.63) is 83.1 Å². The lowest BCUT2D eigenvalue weighted by Gasteiger charge is -2.41. The van der Waals surface area contributed by atoms with E-state index in [1.54, 1.807) is 23.1 Å². The maximum Gasteiger partial charge on any atom is 0.229 e. The zero-order valence-corrected chi connectivity index (χ0v) is 17.1. The first-order valence-corrected chi connectivity index (χ1v) is 10.3. The van der Waals surface area contributed by atoms with E-state index in [2.05, 4.69) is 4.98 Å². The minimum absolute atomic E-state index is 0.0268. The monoisotopic (exact) mass is 424 g/mol. The lowest BCUT2D eigenvalue weighted by atomic mass is 9.70. The molecule has 6 heteroatoms. The fraction of sp³-hybridized carbons (Fsp3) is 0.250. The molecule has 1 fully saturated rings. The van der Waals surface area contributed by atoms with Crippen molar-refractivity contribution in [2.45, 2.75) is 24.7 Å². The number of pyridine rings is 1. The fourth-order valence-electron chi connectivity index (χ4n) is 4.20. The van der Waals surface area contributed by atoms with Crippen molar-refractivity contribution >= 4 is 23.3 Å². The molecule has 1 atom stereocenters. The van der Waals surface area contributed by atoms with Crippen molar-refractivity contribution < 1.29 is 14.3 Å². The van der Waals surface area contributed by atoms with E-state index in [1.807, 2.05) is 36.4 Å². The van der Waals surface area contributed by atoms with Crippen LogP contribution in [0, 0.1) is 5.82 Å². The van der Waals surface area contributed by atoms with Gasteiger partial charge < -0.3 is 5.11 Å². The molecule has 30 heavy (non-hydrogen) atoms. The van der Waals surface area contributed by atoms with Crippen molar-refractivity contribution in [2.75, 3.05) is 18.1 Å². The maximum atomic E-state index is 13.4. The first-order chi connectivity index (χ1) is 14.5. The predicted octanol–water partition coefficient (Wildman–Crippen LogP) is 4.99. The van der Waals surface area contributed by atoms with Gasteiger partial charge in [0, 0.05) is 30.6 Å². The van der Waals surface area contributed by atoms with Crippen LogP contribution in [-0.4, -0.2) is 29.1 Å². The van der Waals surface area contributed by atoms with Crippen LogP contribution in [0.3, 0.4) is 0 Å². The van der Waals surface area contributed by atoms with Crippen LogP contribution in [0.4, 0.5) is 10.2 Å². The second-order valence-corrected chi connectivity index (χ2v) is 8.00. The molecule has 3 aromatic rings. The van der Waals surface area contributed by atoms with Gasteiger partial charge in [0.15, 0.2) is 0 Å². The van der Waals surface area contributed by atoms with E-state index in [0.717, 1.165) is 12.0 Å². The van der Waals surface area contributed by atoms with Crippen molar-refractivity contribution in [3.8, 4) is 11.3 Å². The smallest absolute Gasteiger partial charge is 0.229 e. The van der Waals surface area contributed by atoms with Gasteiger partial charge in [-0.3, -0.25) is 9.69 Å². The zero-order valence-electron chi connectivity index (χ0n) is 16.4. The van der Waals surface area contributed by atoms with E-state index in [-0.39, 0.29) is 23.0 Å². The maximum absolute atomic E-state index is 13.4. The molecule has 2 heterocycles. The van der Waals surface area contributed by atoms with Gasteiger partial charge in [-0.15, -0.1) is 0 Å². The van der Waals surface area contributed by atoms with Gasteiger partial charge >= 0.3 is 0 Å². The Morgan fingerprint density at radius 3 is 2.60 bits per heavy atom. The molecular formula is C24H22ClFN2O2. The Morgan fingerprint density at radius 1 is 1.10 bits per heavy atom. The Balaban J connectivity index is 1.62. The van der Waals surface area contributed by atoms with Crippen LogP contribution in [0.5, 0.6) is 0 Å². The fourth-order valence-corrected chi connectivity index (χ4v) is 4.46. The Hall–Kier alpha value is -2.76. The number of carbonyl (C=O) groups is 1. The average molecular weight is 425 g/mol. The van der Waals surface area contributed by atoms with E-state index < -0.39 is 5.82 Å². The van der Waals surface area contributed by atoms with Crippen molar-refractivity contribution in [3.63, 3.8) is 0 Å². The highest BCUT2D eigenvalue weighted by Gasteiger charge is 2.40. The predicted molar refractivity (Wildman–Crippen MR) is 116 cm³/mol. The van der Waals surface area contributed by atoms with E-state index in [1.165, 1.54) is 12.1 Å². The number of hydrogen-bond acceptors (Lipinski definition) is 3. The van der Waals surface area contributed by atoms with Crippen molar-refractivity contribution in [1.29, 1.82) is 0 Å². The van der Waals surface area contributed by atoms with Gasteiger partial charge in [-0.1, -0.05) is 48.0 Å². The van der Waals surface area contributed by atoms with Crippen LogP contribution in [-0.2, 0) is 10.2 Å². The Morgan fingerprint density at radius 2 is 1.90 bits per heavy atom. The second-order valence-electron chi connectivity index (χ2n) is 7.60. The molecule has 1 unspecified atom stereocenters. The number of aliphatic hydroxyl groups excluding tert-OH is 1. The third-order valence-corrected chi connectivity index (χ3v) is 6.11. The Bertz CT molecular complexity index is 1060. The van der Waals surface area contributed by atoms with Crippen LogP contribution in [0.25, 0.3) is 11.3 Å². The first kappa shape index (κ1) is 20.5. The Kier molecular flexibility index (Phi) is 5.84. The van der Waals surface area contributed by atoms with Gasteiger partial charge in [0.25, 0.3) is 0 Å².